The van der Waals surface area contributed by atoms with Gasteiger partial charge in [0.05, 0.1) is 17.2 Å². The number of sulfone groups is 1. The van der Waals surface area contributed by atoms with Crippen LogP contribution in [0.3, 0.4) is 0 Å². The minimum absolute atomic E-state index is 0.180. The maximum absolute atomic E-state index is 11.9. The van der Waals surface area contributed by atoms with Gasteiger partial charge in [-0.05, 0) is 37.6 Å². The van der Waals surface area contributed by atoms with Crippen molar-refractivity contribution in [3.8, 4) is 0 Å². The molecule has 21 heavy (non-hydrogen) atoms. The van der Waals surface area contributed by atoms with Gasteiger partial charge in [0.2, 0.25) is 0 Å². The van der Waals surface area contributed by atoms with Crippen LogP contribution in [0.1, 0.15) is 26.1 Å². The van der Waals surface area contributed by atoms with Gasteiger partial charge in [-0.2, -0.15) is 0 Å². The number of aromatic nitrogens is 3. The zero-order valence-corrected chi connectivity index (χ0v) is 13.1. The molecule has 0 spiro atoms. The van der Waals surface area contributed by atoms with Crippen LogP contribution in [0, 0.1) is 0 Å². The monoisotopic (exact) mass is 308 g/mol. The van der Waals surface area contributed by atoms with Crippen LogP contribution in [-0.2, 0) is 22.9 Å². The van der Waals surface area contributed by atoms with Crippen molar-refractivity contribution in [2.24, 2.45) is 0 Å². The number of rotatable bonds is 7. The largest absolute Gasteiger partial charge is 0.378 e. The average Bonchev–Trinajstić information content (AvgIpc) is 2.93. The molecule has 1 heterocycles. The van der Waals surface area contributed by atoms with Crippen LogP contribution >= 0.6 is 0 Å². The van der Waals surface area contributed by atoms with Gasteiger partial charge in [-0.25, -0.2) is 8.42 Å². The van der Waals surface area contributed by atoms with Gasteiger partial charge in [-0.15, -0.1) is 10.2 Å². The molecule has 114 valence electrons. The normalized spacial score (nSPS) is 11.5. The number of nitrogens with zero attached hydrogens (tertiary/aromatic N) is 3. The van der Waals surface area contributed by atoms with Gasteiger partial charge >= 0.3 is 0 Å². The maximum atomic E-state index is 11.9. The third-order valence-corrected chi connectivity index (χ3v) is 5.11. The van der Waals surface area contributed by atoms with Crippen LogP contribution in [0.15, 0.2) is 35.5 Å². The fraction of sp³-hybridized carbons (Fsp3) is 0.429. The predicted molar refractivity (Wildman–Crippen MR) is 81.8 cm³/mol. The minimum Gasteiger partial charge on any atom is -0.378 e. The standard InChI is InChI=1S/C14H20N4O2S/c1-3-9-21(19,20)13-7-5-12(6-8-13)15-10-14-17-16-11-18(14)4-2/h5-8,11,15H,3-4,9-10H2,1-2H3. The van der Waals surface area contributed by atoms with E-state index in [2.05, 4.69) is 15.5 Å². The average molecular weight is 308 g/mol. The summed E-state index contributed by atoms with van der Waals surface area (Å²) in [5, 5.41) is 11.1. The highest BCUT2D eigenvalue weighted by molar-refractivity contribution is 7.91. The van der Waals surface area contributed by atoms with Crippen molar-refractivity contribution in [2.75, 3.05) is 11.1 Å². The molecule has 0 fully saturated rings. The highest BCUT2D eigenvalue weighted by atomic mass is 32.2. The molecule has 0 saturated heterocycles. The highest BCUT2D eigenvalue weighted by Gasteiger charge is 2.12. The van der Waals surface area contributed by atoms with E-state index in [4.69, 9.17) is 0 Å². The molecule has 0 saturated carbocycles. The van der Waals surface area contributed by atoms with Gasteiger partial charge in [0.15, 0.2) is 15.7 Å². The SMILES string of the molecule is CCCS(=O)(=O)c1ccc(NCc2nncn2CC)cc1. The number of hydrogen-bond donors (Lipinski definition) is 1. The number of aryl methyl sites for hydroxylation is 1. The fourth-order valence-electron chi connectivity index (χ4n) is 2.03. The van der Waals surface area contributed by atoms with Crippen LogP contribution < -0.4 is 5.32 Å². The van der Waals surface area contributed by atoms with Gasteiger partial charge in [0, 0.05) is 12.2 Å². The predicted octanol–water partition coefficient (Wildman–Crippen LogP) is 2.09. The molecule has 0 bridgehead atoms. The number of nitrogens with one attached hydrogen (secondary N) is 1. The molecule has 2 rings (SSSR count). The lowest BCUT2D eigenvalue weighted by atomic mass is 10.3. The van der Waals surface area contributed by atoms with E-state index in [1.807, 2.05) is 18.4 Å². The van der Waals surface area contributed by atoms with Crippen molar-refractivity contribution in [3.05, 3.63) is 36.4 Å². The van der Waals surface area contributed by atoms with Crippen LogP contribution in [0.4, 0.5) is 5.69 Å². The van der Waals surface area contributed by atoms with E-state index in [0.717, 1.165) is 18.1 Å². The molecule has 0 aliphatic carbocycles. The van der Waals surface area contributed by atoms with E-state index in [-0.39, 0.29) is 5.75 Å². The van der Waals surface area contributed by atoms with E-state index in [1.165, 1.54) is 0 Å². The lowest BCUT2D eigenvalue weighted by Crippen LogP contribution is -2.08. The van der Waals surface area contributed by atoms with E-state index in [1.54, 1.807) is 30.6 Å². The Kier molecular flexibility index (Phi) is 4.95. The summed E-state index contributed by atoms with van der Waals surface area (Å²) in [6.07, 6.45) is 2.31. The molecule has 1 aromatic heterocycles. The summed E-state index contributed by atoms with van der Waals surface area (Å²) in [4.78, 5) is 0.367. The number of hydrogen-bond acceptors (Lipinski definition) is 5. The Morgan fingerprint density at radius 3 is 2.52 bits per heavy atom. The van der Waals surface area contributed by atoms with Crippen molar-refractivity contribution in [1.29, 1.82) is 0 Å². The quantitative estimate of drug-likeness (QED) is 0.847. The molecule has 6 nitrogen and oxygen atoms in total. The molecule has 0 unspecified atom stereocenters. The molecule has 0 atom stereocenters. The molecular formula is C14H20N4O2S. The van der Waals surface area contributed by atoms with E-state index < -0.39 is 9.84 Å². The Morgan fingerprint density at radius 2 is 1.90 bits per heavy atom. The molecule has 7 heteroatoms. The van der Waals surface area contributed by atoms with E-state index in [9.17, 15) is 8.42 Å². The summed E-state index contributed by atoms with van der Waals surface area (Å²) < 4.78 is 25.8. The smallest absolute Gasteiger partial charge is 0.178 e. The Hall–Kier alpha value is -1.89. The van der Waals surface area contributed by atoms with Crippen LogP contribution in [0.25, 0.3) is 0 Å². The van der Waals surface area contributed by atoms with Gasteiger partial charge < -0.3 is 9.88 Å². The first-order chi connectivity index (χ1) is 10.1. The third-order valence-electron chi connectivity index (χ3n) is 3.17. The second-order valence-electron chi connectivity index (χ2n) is 4.73. The molecule has 0 aliphatic rings. The van der Waals surface area contributed by atoms with E-state index in [0.29, 0.717) is 17.9 Å². The maximum Gasteiger partial charge on any atom is 0.178 e. The topological polar surface area (TPSA) is 76.9 Å². The summed E-state index contributed by atoms with van der Waals surface area (Å²) in [6.45, 7) is 5.25. The van der Waals surface area contributed by atoms with Crippen molar-refractivity contribution in [1.82, 2.24) is 14.8 Å². The van der Waals surface area contributed by atoms with Gasteiger partial charge in [0.25, 0.3) is 0 Å². The van der Waals surface area contributed by atoms with Crippen LogP contribution in [0.5, 0.6) is 0 Å². The minimum atomic E-state index is -3.15. The van der Waals surface area contributed by atoms with E-state index >= 15 is 0 Å². The van der Waals surface area contributed by atoms with Crippen LogP contribution in [0.2, 0.25) is 0 Å². The van der Waals surface area contributed by atoms with Crippen molar-refractivity contribution >= 4 is 15.5 Å². The van der Waals surface area contributed by atoms with Gasteiger partial charge in [-0.1, -0.05) is 6.92 Å². The van der Waals surface area contributed by atoms with Crippen molar-refractivity contribution < 1.29 is 8.42 Å². The number of anilines is 1. The van der Waals surface area contributed by atoms with Gasteiger partial charge in [0.1, 0.15) is 6.33 Å². The lowest BCUT2D eigenvalue weighted by Gasteiger charge is -2.08. The molecule has 0 amide bonds. The molecule has 2 aromatic rings. The zero-order chi connectivity index (χ0) is 15.3. The molecule has 0 aliphatic heterocycles. The first-order valence-corrected chi connectivity index (χ1v) is 8.65. The van der Waals surface area contributed by atoms with Crippen LogP contribution in [-0.4, -0.2) is 28.9 Å². The van der Waals surface area contributed by atoms with Gasteiger partial charge in [-0.3, -0.25) is 0 Å². The molecule has 1 aromatic carbocycles. The Balaban J connectivity index is 2.03. The second kappa shape index (κ2) is 6.71. The summed E-state index contributed by atoms with van der Waals surface area (Å²) in [5.74, 6) is 1.03. The fourth-order valence-corrected chi connectivity index (χ4v) is 3.35. The summed E-state index contributed by atoms with van der Waals surface area (Å²) >= 11 is 0. The molecule has 0 radical (unpaired) electrons. The first-order valence-electron chi connectivity index (χ1n) is 7.00. The zero-order valence-electron chi connectivity index (χ0n) is 12.3. The second-order valence-corrected chi connectivity index (χ2v) is 6.84. The first kappa shape index (κ1) is 15.5. The lowest BCUT2D eigenvalue weighted by molar-refractivity contribution is 0.594. The Morgan fingerprint density at radius 1 is 1.19 bits per heavy atom. The van der Waals surface area contributed by atoms with Crippen molar-refractivity contribution in [3.63, 3.8) is 0 Å². The Bertz CT molecular complexity index is 677. The molecule has 1 N–H and O–H groups in total. The summed E-state index contributed by atoms with van der Waals surface area (Å²) in [5.41, 5.74) is 0.858. The number of benzene rings is 1. The highest BCUT2D eigenvalue weighted by Crippen LogP contribution is 2.16. The molecular weight excluding hydrogens is 288 g/mol. The summed E-state index contributed by atoms with van der Waals surface area (Å²) in [6, 6.07) is 6.82. The van der Waals surface area contributed by atoms with Crippen molar-refractivity contribution in [2.45, 2.75) is 38.3 Å². The Labute approximate surface area is 125 Å². The summed E-state index contributed by atoms with van der Waals surface area (Å²) in [7, 11) is -3.15. The third kappa shape index (κ3) is 3.81.